The van der Waals surface area contributed by atoms with E-state index in [-0.39, 0.29) is 12.1 Å². The van der Waals surface area contributed by atoms with Crippen LogP contribution in [0.1, 0.15) is 25.3 Å². The van der Waals surface area contributed by atoms with Crippen LogP contribution in [0.2, 0.25) is 0 Å². The first-order chi connectivity index (χ1) is 9.66. The summed E-state index contributed by atoms with van der Waals surface area (Å²) in [4.78, 5) is 11.5. The number of benzene rings is 1. The lowest BCUT2D eigenvalue weighted by atomic mass is 10.1. The van der Waals surface area contributed by atoms with Crippen LogP contribution in [0, 0.1) is 0 Å². The van der Waals surface area contributed by atoms with Gasteiger partial charge < -0.3 is 19.9 Å². The molecule has 0 spiro atoms. The molecule has 5 heteroatoms. The molecule has 1 aliphatic heterocycles. The van der Waals surface area contributed by atoms with Crippen LogP contribution in [0.25, 0.3) is 0 Å². The number of hydrogen-bond acceptors (Lipinski definition) is 4. The largest absolute Gasteiger partial charge is 0.450 e. The highest BCUT2D eigenvalue weighted by molar-refractivity contribution is 5.67. The van der Waals surface area contributed by atoms with E-state index in [1.54, 1.807) is 6.92 Å². The zero-order valence-electron chi connectivity index (χ0n) is 11.6. The first-order valence-electron chi connectivity index (χ1n) is 6.97. The van der Waals surface area contributed by atoms with Gasteiger partial charge in [0.1, 0.15) is 6.04 Å². The normalized spacial score (nSPS) is 24.8. The molecular formula is C15H21NO4. The third kappa shape index (κ3) is 4.21. The van der Waals surface area contributed by atoms with Crippen LogP contribution in [0.3, 0.4) is 0 Å². The van der Waals surface area contributed by atoms with Crippen LogP contribution in [0.5, 0.6) is 0 Å². The molecular weight excluding hydrogens is 258 g/mol. The molecule has 1 aromatic carbocycles. The van der Waals surface area contributed by atoms with Crippen LogP contribution >= 0.6 is 0 Å². The van der Waals surface area contributed by atoms with Crippen LogP contribution < -0.4 is 5.32 Å². The number of ether oxygens (including phenoxy) is 2. The Morgan fingerprint density at radius 2 is 2.10 bits per heavy atom. The van der Waals surface area contributed by atoms with Gasteiger partial charge in [-0.1, -0.05) is 30.3 Å². The van der Waals surface area contributed by atoms with E-state index in [4.69, 9.17) is 9.47 Å². The number of hydrogen-bond donors (Lipinski definition) is 2. The Bertz CT molecular complexity index is 415. The van der Waals surface area contributed by atoms with Gasteiger partial charge in [-0.15, -0.1) is 0 Å². The van der Waals surface area contributed by atoms with Crippen molar-refractivity contribution in [2.45, 2.75) is 44.6 Å². The quantitative estimate of drug-likeness (QED) is 0.780. The fourth-order valence-electron chi connectivity index (χ4n) is 2.14. The number of aliphatic hydroxyl groups excluding tert-OH is 1. The number of alkyl carbamates (subject to hydrolysis) is 1. The van der Waals surface area contributed by atoms with Crippen molar-refractivity contribution < 1.29 is 19.4 Å². The molecule has 0 saturated carbocycles. The van der Waals surface area contributed by atoms with E-state index in [1.165, 1.54) is 5.56 Å². The molecule has 110 valence electrons. The van der Waals surface area contributed by atoms with E-state index in [2.05, 4.69) is 17.4 Å². The predicted molar refractivity (Wildman–Crippen MR) is 74.2 cm³/mol. The lowest BCUT2D eigenvalue weighted by Gasteiger charge is -2.39. The summed E-state index contributed by atoms with van der Waals surface area (Å²) in [5.41, 5.74) is 1.29. The summed E-state index contributed by atoms with van der Waals surface area (Å²) >= 11 is 0. The minimum atomic E-state index is -0.921. The number of nitrogens with one attached hydrogen (secondary N) is 1. The van der Waals surface area contributed by atoms with E-state index >= 15 is 0 Å². The van der Waals surface area contributed by atoms with E-state index in [0.29, 0.717) is 6.61 Å². The molecule has 1 saturated heterocycles. The molecule has 0 aliphatic carbocycles. The SMILES string of the molecule is C[C@@H]1OC(O)[C@@H]1NC(=O)OCCCCc1ccccc1. The van der Waals surface area contributed by atoms with Gasteiger partial charge in [-0.05, 0) is 31.7 Å². The van der Waals surface area contributed by atoms with Gasteiger partial charge in [0, 0.05) is 0 Å². The standard InChI is InChI=1S/C15H21NO4/c1-11-13(14(17)20-11)16-15(18)19-10-6-5-9-12-7-3-2-4-8-12/h2-4,7-8,11,13-14,17H,5-6,9-10H2,1H3,(H,16,18)/t11-,13+,14?/m0/s1. The van der Waals surface area contributed by atoms with Gasteiger partial charge in [0.05, 0.1) is 12.7 Å². The highest BCUT2D eigenvalue weighted by Crippen LogP contribution is 2.18. The van der Waals surface area contributed by atoms with Gasteiger partial charge in [0.25, 0.3) is 0 Å². The minimum absolute atomic E-state index is 0.171. The average Bonchev–Trinajstić information content (AvgIpc) is 2.46. The number of aryl methyl sites for hydroxylation is 1. The van der Waals surface area contributed by atoms with Crippen molar-refractivity contribution in [2.24, 2.45) is 0 Å². The van der Waals surface area contributed by atoms with Gasteiger partial charge in [0.15, 0.2) is 6.29 Å². The second-order valence-corrected chi connectivity index (χ2v) is 4.98. The van der Waals surface area contributed by atoms with Crippen molar-refractivity contribution >= 4 is 6.09 Å². The second kappa shape index (κ2) is 7.26. The molecule has 2 N–H and O–H groups in total. The first kappa shape index (κ1) is 14.8. The zero-order valence-corrected chi connectivity index (χ0v) is 11.6. The van der Waals surface area contributed by atoms with Crippen molar-refractivity contribution in [3.63, 3.8) is 0 Å². The lowest BCUT2D eigenvalue weighted by molar-refractivity contribution is -0.247. The third-order valence-corrected chi connectivity index (χ3v) is 3.39. The van der Waals surface area contributed by atoms with Crippen molar-refractivity contribution in [2.75, 3.05) is 6.61 Å². The Labute approximate surface area is 118 Å². The predicted octanol–water partition coefficient (Wildman–Crippen LogP) is 1.84. The molecule has 0 aromatic heterocycles. The number of carbonyl (C=O) groups is 1. The summed E-state index contributed by atoms with van der Waals surface area (Å²) in [5, 5.41) is 11.9. The molecule has 3 atom stereocenters. The van der Waals surface area contributed by atoms with Crippen molar-refractivity contribution in [1.82, 2.24) is 5.32 Å². The molecule has 5 nitrogen and oxygen atoms in total. The molecule has 1 amide bonds. The van der Waals surface area contributed by atoms with Crippen LogP contribution in [-0.4, -0.2) is 36.2 Å². The molecule has 1 aromatic rings. The van der Waals surface area contributed by atoms with Crippen molar-refractivity contribution in [3.05, 3.63) is 35.9 Å². The second-order valence-electron chi connectivity index (χ2n) is 4.98. The van der Waals surface area contributed by atoms with Gasteiger partial charge in [-0.2, -0.15) is 0 Å². The van der Waals surface area contributed by atoms with Gasteiger partial charge in [-0.25, -0.2) is 4.79 Å². The summed E-state index contributed by atoms with van der Waals surface area (Å²) < 4.78 is 10.00. The Kier molecular flexibility index (Phi) is 5.38. The van der Waals surface area contributed by atoms with Crippen molar-refractivity contribution in [3.8, 4) is 0 Å². The topological polar surface area (TPSA) is 67.8 Å². The molecule has 1 fully saturated rings. The zero-order chi connectivity index (χ0) is 14.4. The summed E-state index contributed by atoms with van der Waals surface area (Å²) in [6, 6.07) is 9.85. The number of amides is 1. The number of aliphatic hydroxyl groups is 1. The van der Waals surface area contributed by atoms with Crippen LogP contribution in [-0.2, 0) is 15.9 Å². The van der Waals surface area contributed by atoms with Gasteiger partial charge in [-0.3, -0.25) is 0 Å². The Hall–Kier alpha value is -1.59. The minimum Gasteiger partial charge on any atom is -0.450 e. The molecule has 0 radical (unpaired) electrons. The number of carbonyl (C=O) groups excluding carboxylic acids is 1. The van der Waals surface area contributed by atoms with Gasteiger partial charge in [0.2, 0.25) is 0 Å². The maximum atomic E-state index is 11.5. The number of unbranched alkanes of at least 4 members (excludes halogenated alkanes) is 1. The van der Waals surface area contributed by atoms with E-state index < -0.39 is 12.4 Å². The molecule has 1 heterocycles. The Morgan fingerprint density at radius 1 is 1.35 bits per heavy atom. The van der Waals surface area contributed by atoms with E-state index in [9.17, 15) is 9.90 Å². The summed E-state index contributed by atoms with van der Waals surface area (Å²) in [5.74, 6) is 0. The lowest BCUT2D eigenvalue weighted by Crippen LogP contribution is -2.61. The maximum absolute atomic E-state index is 11.5. The summed E-state index contributed by atoms with van der Waals surface area (Å²) in [6.45, 7) is 2.17. The smallest absolute Gasteiger partial charge is 0.407 e. The average molecular weight is 279 g/mol. The number of rotatable bonds is 6. The molecule has 1 unspecified atom stereocenters. The van der Waals surface area contributed by atoms with Crippen molar-refractivity contribution in [1.29, 1.82) is 0 Å². The van der Waals surface area contributed by atoms with E-state index in [1.807, 2.05) is 18.2 Å². The fourth-order valence-corrected chi connectivity index (χ4v) is 2.14. The summed E-state index contributed by atoms with van der Waals surface area (Å²) in [6.07, 6.45) is 1.19. The van der Waals surface area contributed by atoms with Crippen LogP contribution in [0.15, 0.2) is 30.3 Å². The summed E-state index contributed by atoms with van der Waals surface area (Å²) in [7, 11) is 0. The van der Waals surface area contributed by atoms with Crippen LogP contribution in [0.4, 0.5) is 4.79 Å². The Morgan fingerprint density at radius 3 is 2.75 bits per heavy atom. The molecule has 0 bridgehead atoms. The third-order valence-electron chi connectivity index (χ3n) is 3.39. The fraction of sp³-hybridized carbons (Fsp3) is 0.533. The molecule has 20 heavy (non-hydrogen) atoms. The highest BCUT2D eigenvalue weighted by atomic mass is 16.6. The Balaban J connectivity index is 1.53. The molecule has 2 rings (SSSR count). The van der Waals surface area contributed by atoms with Gasteiger partial charge >= 0.3 is 6.09 Å². The molecule has 1 aliphatic rings. The highest BCUT2D eigenvalue weighted by Gasteiger charge is 2.39. The van der Waals surface area contributed by atoms with E-state index in [0.717, 1.165) is 19.3 Å². The monoisotopic (exact) mass is 279 g/mol. The maximum Gasteiger partial charge on any atom is 0.407 e. The first-order valence-corrected chi connectivity index (χ1v) is 6.97.